The smallest absolute Gasteiger partial charge is 0.241 e. The zero-order valence-corrected chi connectivity index (χ0v) is 16.6. The standard InChI is InChI=1S/C20H28N4OS/c1-16(20(25)21-17-6-8-18(9-7-17)22(2)3)24-12-10-23(11-13-24)15-19-5-4-14-26-19/h4-9,14,16H,10-13,15H2,1-3H3,(H,21,25)/t16-/m1/s1. The molecule has 1 aromatic carbocycles. The van der Waals surface area contributed by atoms with Gasteiger partial charge in [-0.15, -0.1) is 11.3 Å². The molecule has 1 N–H and O–H groups in total. The maximum absolute atomic E-state index is 12.6. The van der Waals surface area contributed by atoms with E-state index in [9.17, 15) is 4.79 Å². The van der Waals surface area contributed by atoms with E-state index in [4.69, 9.17) is 0 Å². The summed E-state index contributed by atoms with van der Waals surface area (Å²) >= 11 is 1.81. The van der Waals surface area contributed by atoms with Crippen molar-refractivity contribution in [2.45, 2.75) is 19.5 Å². The van der Waals surface area contributed by atoms with Gasteiger partial charge in [0, 0.05) is 63.1 Å². The summed E-state index contributed by atoms with van der Waals surface area (Å²) < 4.78 is 0. The number of amides is 1. The molecule has 0 bridgehead atoms. The molecule has 0 saturated carbocycles. The number of nitrogens with zero attached hydrogens (tertiary/aromatic N) is 3. The normalized spacial score (nSPS) is 17.0. The van der Waals surface area contributed by atoms with Crippen molar-refractivity contribution < 1.29 is 4.79 Å². The maximum atomic E-state index is 12.6. The monoisotopic (exact) mass is 372 g/mol. The van der Waals surface area contributed by atoms with Gasteiger partial charge in [-0.05, 0) is 42.6 Å². The average molecular weight is 373 g/mol. The third-order valence-electron chi connectivity index (χ3n) is 4.94. The SMILES string of the molecule is C[C@H](C(=O)Nc1ccc(N(C)C)cc1)N1CCN(Cc2cccs2)CC1. The molecule has 0 spiro atoms. The third-order valence-corrected chi connectivity index (χ3v) is 5.81. The molecule has 0 radical (unpaired) electrons. The zero-order chi connectivity index (χ0) is 18.5. The van der Waals surface area contributed by atoms with E-state index in [1.165, 1.54) is 4.88 Å². The Morgan fingerprint density at radius 1 is 1.15 bits per heavy atom. The predicted octanol–water partition coefficient (Wildman–Crippen LogP) is 2.96. The highest BCUT2D eigenvalue weighted by Crippen LogP contribution is 2.17. The Morgan fingerprint density at radius 3 is 2.42 bits per heavy atom. The predicted molar refractivity (Wildman–Crippen MR) is 110 cm³/mol. The molecule has 0 aliphatic carbocycles. The summed E-state index contributed by atoms with van der Waals surface area (Å²) in [6, 6.07) is 12.1. The van der Waals surface area contributed by atoms with Crippen LogP contribution >= 0.6 is 11.3 Å². The molecular weight excluding hydrogens is 344 g/mol. The van der Waals surface area contributed by atoms with Crippen LogP contribution in [0, 0.1) is 0 Å². The number of hydrogen-bond acceptors (Lipinski definition) is 5. The minimum absolute atomic E-state index is 0.0642. The van der Waals surface area contributed by atoms with E-state index in [1.807, 2.05) is 61.5 Å². The van der Waals surface area contributed by atoms with E-state index in [0.29, 0.717) is 0 Å². The van der Waals surface area contributed by atoms with Gasteiger partial charge >= 0.3 is 0 Å². The zero-order valence-electron chi connectivity index (χ0n) is 15.8. The van der Waals surface area contributed by atoms with Crippen LogP contribution in [0.4, 0.5) is 11.4 Å². The second kappa shape index (κ2) is 8.66. The van der Waals surface area contributed by atoms with Crippen LogP contribution in [0.2, 0.25) is 0 Å². The molecule has 140 valence electrons. The Hall–Kier alpha value is -1.89. The minimum Gasteiger partial charge on any atom is -0.378 e. The molecule has 1 amide bonds. The van der Waals surface area contributed by atoms with Crippen molar-refractivity contribution in [3.63, 3.8) is 0 Å². The lowest BCUT2D eigenvalue weighted by Crippen LogP contribution is -2.52. The molecule has 1 saturated heterocycles. The first-order valence-corrected chi connectivity index (χ1v) is 9.98. The molecule has 1 fully saturated rings. The Bertz CT molecular complexity index is 691. The first-order chi connectivity index (χ1) is 12.5. The Kier molecular flexibility index (Phi) is 6.29. The Labute approximate surface area is 160 Å². The van der Waals surface area contributed by atoms with Crippen molar-refractivity contribution in [1.82, 2.24) is 9.80 Å². The van der Waals surface area contributed by atoms with Crippen LogP contribution in [-0.2, 0) is 11.3 Å². The Balaban J connectivity index is 1.48. The number of piperazine rings is 1. The van der Waals surface area contributed by atoms with Crippen molar-refractivity contribution in [3.8, 4) is 0 Å². The van der Waals surface area contributed by atoms with Crippen molar-refractivity contribution in [1.29, 1.82) is 0 Å². The van der Waals surface area contributed by atoms with Crippen LogP contribution in [0.5, 0.6) is 0 Å². The van der Waals surface area contributed by atoms with Gasteiger partial charge in [0.15, 0.2) is 0 Å². The first kappa shape index (κ1) is 18.9. The minimum atomic E-state index is -0.118. The van der Waals surface area contributed by atoms with E-state index in [2.05, 4.69) is 32.6 Å². The molecule has 1 atom stereocenters. The van der Waals surface area contributed by atoms with Gasteiger partial charge in [0.1, 0.15) is 0 Å². The van der Waals surface area contributed by atoms with Crippen LogP contribution in [-0.4, -0.2) is 62.0 Å². The van der Waals surface area contributed by atoms with Gasteiger partial charge in [-0.25, -0.2) is 0 Å². The molecule has 1 aliphatic heterocycles. The van der Waals surface area contributed by atoms with Gasteiger partial charge in [-0.1, -0.05) is 6.07 Å². The highest BCUT2D eigenvalue weighted by molar-refractivity contribution is 7.09. The summed E-state index contributed by atoms with van der Waals surface area (Å²) in [7, 11) is 4.02. The summed E-state index contributed by atoms with van der Waals surface area (Å²) in [5.74, 6) is 0.0642. The van der Waals surface area contributed by atoms with Crippen LogP contribution in [0.3, 0.4) is 0 Å². The quantitative estimate of drug-likeness (QED) is 0.846. The average Bonchev–Trinajstić information content (AvgIpc) is 3.15. The fourth-order valence-electron chi connectivity index (χ4n) is 3.19. The molecule has 1 aliphatic rings. The Morgan fingerprint density at radius 2 is 1.85 bits per heavy atom. The number of anilines is 2. The summed E-state index contributed by atoms with van der Waals surface area (Å²) in [6.45, 7) is 6.89. The van der Waals surface area contributed by atoms with E-state index < -0.39 is 0 Å². The topological polar surface area (TPSA) is 38.8 Å². The van der Waals surface area contributed by atoms with Crippen molar-refractivity contribution >= 4 is 28.6 Å². The van der Waals surface area contributed by atoms with Gasteiger partial charge in [0.25, 0.3) is 0 Å². The third kappa shape index (κ3) is 4.84. The fraction of sp³-hybridized carbons (Fsp3) is 0.450. The maximum Gasteiger partial charge on any atom is 0.241 e. The van der Waals surface area contributed by atoms with Crippen LogP contribution < -0.4 is 10.2 Å². The molecule has 1 aromatic heterocycles. The fourth-order valence-corrected chi connectivity index (χ4v) is 3.93. The van der Waals surface area contributed by atoms with Crippen molar-refractivity contribution in [3.05, 3.63) is 46.7 Å². The number of thiophene rings is 1. The number of hydrogen-bond donors (Lipinski definition) is 1. The molecule has 26 heavy (non-hydrogen) atoms. The van der Waals surface area contributed by atoms with Gasteiger partial charge < -0.3 is 10.2 Å². The van der Waals surface area contributed by atoms with Crippen molar-refractivity contribution in [2.75, 3.05) is 50.5 Å². The van der Waals surface area contributed by atoms with Gasteiger partial charge in [-0.2, -0.15) is 0 Å². The molecule has 0 unspecified atom stereocenters. The number of nitrogens with one attached hydrogen (secondary N) is 1. The lowest BCUT2D eigenvalue weighted by Gasteiger charge is -2.37. The second-order valence-corrected chi connectivity index (χ2v) is 8.03. The molecule has 2 heterocycles. The summed E-state index contributed by atoms with van der Waals surface area (Å²) in [5, 5.41) is 5.17. The van der Waals surface area contributed by atoms with Crippen LogP contribution in [0.1, 0.15) is 11.8 Å². The van der Waals surface area contributed by atoms with Crippen molar-refractivity contribution in [2.24, 2.45) is 0 Å². The van der Waals surface area contributed by atoms with Gasteiger partial charge in [0.2, 0.25) is 5.91 Å². The van der Waals surface area contributed by atoms with E-state index >= 15 is 0 Å². The largest absolute Gasteiger partial charge is 0.378 e. The summed E-state index contributed by atoms with van der Waals surface area (Å²) in [6.07, 6.45) is 0. The molecule has 6 heteroatoms. The first-order valence-electron chi connectivity index (χ1n) is 9.10. The van der Waals surface area contributed by atoms with E-state index in [0.717, 1.165) is 44.1 Å². The molecule has 3 rings (SSSR count). The van der Waals surface area contributed by atoms with E-state index in [-0.39, 0.29) is 11.9 Å². The highest BCUT2D eigenvalue weighted by Gasteiger charge is 2.25. The number of carbonyl (C=O) groups is 1. The van der Waals surface area contributed by atoms with Crippen LogP contribution in [0.25, 0.3) is 0 Å². The molecular formula is C20H28N4OS. The number of rotatable bonds is 6. The van der Waals surface area contributed by atoms with Gasteiger partial charge in [-0.3, -0.25) is 14.6 Å². The lowest BCUT2D eigenvalue weighted by molar-refractivity contribution is -0.121. The molecule has 2 aromatic rings. The molecule has 5 nitrogen and oxygen atoms in total. The van der Waals surface area contributed by atoms with Crippen LogP contribution in [0.15, 0.2) is 41.8 Å². The lowest BCUT2D eigenvalue weighted by atomic mass is 10.2. The summed E-state index contributed by atoms with van der Waals surface area (Å²) in [4.78, 5) is 20.8. The van der Waals surface area contributed by atoms with E-state index in [1.54, 1.807) is 0 Å². The number of carbonyl (C=O) groups excluding carboxylic acids is 1. The summed E-state index contributed by atoms with van der Waals surface area (Å²) in [5.41, 5.74) is 1.97. The number of benzene rings is 1. The highest BCUT2D eigenvalue weighted by atomic mass is 32.1. The second-order valence-electron chi connectivity index (χ2n) is 7.00. The van der Waals surface area contributed by atoms with Gasteiger partial charge in [0.05, 0.1) is 6.04 Å².